The Labute approximate surface area is 181 Å². The van der Waals surface area contributed by atoms with Crippen molar-refractivity contribution in [1.82, 2.24) is 19.8 Å². The van der Waals surface area contributed by atoms with E-state index in [9.17, 15) is 14.7 Å². The summed E-state index contributed by atoms with van der Waals surface area (Å²) in [7, 11) is 0. The van der Waals surface area contributed by atoms with E-state index in [1.54, 1.807) is 9.69 Å². The van der Waals surface area contributed by atoms with E-state index >= 15 is 0 Å². The molecular weight excluding hydrogens is 394 g/mol. The van der Waals surface area contributed by atoms with Crippen LogP contribution in [0.5, 0.6) is 0 Å². The van der Waals surface area contributed by atoms with Crippen molar-refractivity contribution in [3.8, 4) is 0 Å². The molecule has 8 heteroatoms. The van der Waals surface area contributed by atoms with Gasteiger partial charge in [-0.05, 0) is 24.3 Å². The Balaban J connectivity index is 1.47. The highest BCUT2D eigenvalue weighted by Crippen LogP contribution is 2.36. The minimum atomic E-state index is -0.722. The molecule has 4 unspecified atom stereocenters. The number of amides is 2. The fourth-order valence-corrected chi connectivity index (χ4v) is 5.27. The molecular formula is C23H27N5O3. The third-order valence-corrected chi connectivity index (χ3v) is 6.86. The standard InChI is InChI=1S/C23H27N5O3/c29-21(17-9-5-2-6-10-17)19-12-11-18-20(28(19)26-14-24-25-15-26)23(31)27(22(18)30)13-16-7-3-1-4-8-16/h1,3-4,7-8,11-12,14-15,17-21,29H,2,5-6,9-10,13H2. The zero-order valence-electron chi connectivity index (χ0n) is 17.3. The highest BCUT2D eigenvalue weighted by molar-refractivity contribution is 6.09. The number of fused-ring (bicyclic) bond motifs is 1. The van der Waals surface area contributed by atoms with E-state index in [1.807, 2.05) is 42.5 Å². The van der Waals surface area contributed by atoms with Gasteiger partial charge in [0, 0.05) is 0 Å². The van der Waals surface area contributed by atoms with E-state index in [1.165, 1.54) is 24.0 Å². The van der Waals surface area contributed by atoms with Gasteiger partial charge in [-0.15, -0.1) is 10.2 Å². The molecule has 1 saturated carbocycles. The smallest absolute Gasteiger partial charge is 0.255 e. The molecule has 2 fully saturated rings. The van der Waals surface area contributed by atoms with Gasteiger partial charge in [0.05, 0.1) is 24.6 Å². The summed E-state index contributed by atoms with van der Waals surface area (Å²) >= 11 is 0. The molecule has 2 aromatic rings. The number of aliphatic hydroxyl groups is 1. The largest absolute Gasteiger partial charge is 0.390 e. The number of imide groups is 1. The zero-order valence-corrected chi connectivity index (χ0v) is 17.3. The molecule has 3 aliphatic rings. The summed E-state index contributed by atoms with van der Waals surface area (Å²) in [6.45, 7) is 0.241. The van der Waals surface area contributed by atoms with Crippen LogP contribution in [0, 0.1) is 11.8 Å². The summed E-state index contributed by atoms with van der Waals surface area (Å²) in [5, 5.41) is 20.9. The number of likely N-dealkylation sites (tertiary alicyclic amines) is 1. The third kappa shape index (κ3) is 3.54. The molecule has 1 aromatic carbocycles. The van der Waals surface area contributed by atoms with Crippen molar-refractivity contribution in [1.29, 1.82) is 0 Å². The van der Waals surface area contributed by atoms with Crippen LogP contribution in [0.3, 0.4) is 0 Å². The Morgan fingerprint density at radius 3 is 2.39 bits per heavy atom. The van der Waals surface area contributed by atoms with Gasteiger partial charge in [-0.1, -0.05) is 61.7 Å². The van der Waals surface area contributed by atoms with Crippen LogP contribution in [0.1, 0.15) is 37.7 Å². The van der Waals surface area contributed by atoms with E-state index in [2.05, 4.69) is 10.2 Å². The molecule has 5 rings (SSSR count). The van der Waals surface area contributed by atoms with Crippen LogP contribution in [-0.2, 0) is 16.1 Å². The van der Waals surface area contributed by atoms with Crippen LogP contribution in [0.4, 0.5) is 0 Å². The Morgan fingerprint density at radius 1 is 0.968 bits per heavy atom. The van der Waals surface area contributed by atoms with Crippen LogP contribution in [0.15, 0.2) is 55.1 Å². The molecule has 8 nitrogen and oxygen atoms in total. The van der Waals surface area contributed by atoms with Crippen LogP contribution < -0.4 is 5.01 Å². The van der Waals surface area contributed by atoms with Crippen LogP contribution >= 0.6 is 0 Å². The number of hydrogen-bond acceptors (Lipinski definition) is 6. The van der Waals surface area contributed by atoms with Crippen molar-refractivity contribution >= 4 is 11.8 Å². The highest BCUT2D eigenvalue weighted by Gasteiger charge is 2.54. The summed E-state index contributed by atoms with van der Waals surface area (Å²) < 4.78 is 1.65. The second-order valence-corrected chi connectivity index (χ2v) is 8.70. The average Bonchev–Trinajstić information content (AvgIpc) is 3.43. The second-order valence-electron chi connectivity index (χ2n) is 8.70. The van der Waals surface area contributed by atoms with Crippen molar-refractivity contribution in [2.75, 3.05) is 5.01 Å². The minimum absolute atomic E-state index is 0.173. The zero-order chi connectivity index (χ0) is 21.4. The Bertz CT molecular complexity index is 955. The highest BCUT2D eigenvalue weighted by atomic mass is 16.3. The lowest BCUT2D eigenvalue weighted by atomic mass is 9.80. The molecule has 1 aliphatic carbocycles. The minimum Gasteiger partial charge on any atom is -0.390 e. The maximum Gasteiger partial charge on any atom is 0.255 e. The van der Waals surface area contributed by atoms with Gasteiger partial charge in [0.25, 0.3) is 5.91 Å². The third-order valence-electron chi connectivity index (χ3n) is 6.86. The number of hydrogen-bond donors (Lipinski definition) is 1. The first-order valence-electron chi connectivity index (χ1n) is 11.0. The number of carbonyl (C=O) groups excluding carboxylic acids is 2. The first-order chi connectivity index (χ1) is 15.1. The van der Waals surface area contributed by atoms with Gasteiger partial charge in [0.1, 0.15) is 18.7 Å². The quantitative estimate of drug-likeness (QED) is 0.583. The summed E-state index contributed by atoms with van der Waals surface area (Å²) in [6.07, 6.45) is 11.5. The van der Waals surface area contributed by atoms with Crippen LogP contribution in [0.2, 0.25) is 0 Å². The topological polar surface area (TPSA) is 91.6 Å². The summed E-state index contributed by atoms with van der Waals surface area (Å²) in [4.78, 5) is 28.0. The van der Waals surface area contributed by atoms with E-state index < -0.39 is 24.1 Å². The maximum absolute atomic E-state index is 13.5. The number of carbonyl (C=O) groups is 2. The normalized spacial score (nSPS) is 27.6. The monoisotopic (exact) mass is 421 g/mol. The fourth-order valence-electron chi connectivity index (χ4n) is 5.27. The van der Waals surface area contributed by atoms with Gasteiger partial charge in [0.2, 0.25) is 5.91 Å². The Morgan fingerprint density at radius 2 is 1.68 bits per heavy atom. The van der Waals surface area contributed by atoms with Crippen molar-refractivity contribution in [3.05, 3.63) is 60.7 Å². The molecule has 2 aliphatic heterocycles. The van der Waals surface area contributed by atoms with Crippen LogP contribution in [-0.4, -0.2) is 54.9 Å². The molecule has 4 atom stereocenters. The van der Waals surface area contributed by atoms with Gasteiger partial charge in [-0.3, -0.25) is 19.5 Å². The lowest BCUT2D eigenvalue weighted by molar-refractivity contribution is -0.140. The predicted molar refractivity (Wildman–Crippen MR) is 113 cm³/mol. The van der Waals surface area contributed by atoms with E-state index in [0.717, 1.165) is 31.2 Å². The van der Waals surface area contributed by atoms with E-state index in [4.69, 9.17) is 0 Å². The van der Waals surface area contributed by atoms with Gasteiger partial charge < -0.3 is 5.11 Å². The van der Waals surface area contributed by atoms with Crippen molar-refractivity contribution in [3.63, 3.8) is 0 Å². The Hall–Kier alpha value is -3.00. The van der Waals surface area contributed by atoms with Crippen molar-refractivity contribution < 1.29 is 14.7 Å². The van der Waals surface area contributed by atoms with E-state index in [0.29, 0.717) is 0 Å². The number of rotatable bonds is 5. The molecule has 1 saturated heterocycles. The summed E-state index contributed by atoms with van der Waals surface area (Å²) in [5.41, 5.74) is 0.904. The maximum atomic E-state index is 13.5. The van der Waals surface area contributed by atoms with Crippen molar-refractivity contribution in [2.24, 2.45) is 11.8 Å². The van der Waals surface area contributed by atoms with Gasteiger partial charge in [-0.2, -0.15) is 0 Å². The lowest BCUT2D eigenvalue weighted by Crippen LogP contribution is -2.61. The molecule has 31 heavy (non-hydrogen) atoms. The average molecular weight is 422 g/mol. The first kappa shape index (κ1) is 19.9. The molecule has 0 spiro atoms. The van der Waals surface area contributed by atoms with Crippen LogP contribution in [0.25, 0.3) is 0 Å². The van der Waals surface area contributed by atoms with Gasteiger partial charge in [-0.25, -0.2) is 4.68 Å². The molecule has 3 heterocycles. The lowest BCUT2D eigenvalue weighted by Gasteiger charge is -2.43. The number of nitrogens with zero attached hydrogens (tertiary/aromatic N) is 5. The van der Waals surface area contributed by atoms with E-state index in [-0.39, 0.29) is 24.3 Å². The van der Waals surface area contributed by atoms with Gasteiger partial charge >= 0.3 is 0 Å². The molecule has 0 radical (unpaired) electrons. The molecule has 162 valence electrons. The number of aromatic nitrogens is 3. The molecule has 1 N–H and O–H groups in total. The molecule has 1 aromatic heterocycles. The second kappa shape index (κ2) is 8.26. The summed E-state index contributed by atoms with van der Waals surface area (Å²) in [6, 6.07) is 8.37. The SMILES string of the molecule is O=C1C2C=CC(C(O)C3CCCCC3)N(n3cnnc3)C2C(=O)N1Cc1ccccc1. The van der Waals surface area contributed by atoms with Crippen molar-refractivity contribution in [2.45, 2.75) is 56.8 Å². The Kier molecular flexibility index (Phi) is 5.31. The molecule has 0 bridgehead atoms. The fraction of sp³-hybridized carbons (Fsp3) is 0.478. The first-order valence-corrected chi connectivity index (χ1v) is 11.0. The number of aliphatic hydroxyl groups excluding tert-OH is 1. The summed E-state index contributed by atoms with van der Waals surface area (Å²) in [5.74, 6) is -0.878. The number of benzene rings is 1. The predicted octanol–water partition coefficient (Wildman–Crippen LogP) is 1.65. The van der Waals surface area contributed by atoms with Gasteiger partial charge in [0.15, 0.2) is 0 Å². The molecule has 2 amide bonds.